The van der Waals surface area contributed by atoms with Gasteiger partial charge in [-0.1, -0.05) is 32.0 Å². The fourth-order valence-electron chi connectivity index (χ4n) is 3.09. The van der Waals surface area contributed by atoms with Crippen LogP contribution in [-0.2, 0) is 9.59 Å². The molecule has 1 N–H and O–H groups in total. The van der Waals surface area contributed by atoms with E-state index in [1.807, 2.05) is 30.0 Å². The van der Waals surface area contributed by atoms with Crippen LogP contribution < -0.4 is 5.32 Å². The Labute approximate surface area is 145 Å². The summed E-state index contributed by atoms with van der Waals surface area (Å²) >= 11 is 0. The van der Waals surface area contributed by atoms with Gasteiger partial charge in [-0.15, -0.1) is 0 Å². The van der Waals surface area contributed by atoms with E-state index in [4.69, 9.17) is 0 Å². The molecule has 0 aliphatic carbocycles. The Morgan fingerprint density at radius 1 is 1.12 bits per heavy atom. The molecule has 24 heavy (non-hydrogen) atoms. The molecule has 1 saturated heterocycles. The lowest BCUT2D eigenvalue weighted by Gasteiger charge is -2.37. The van der Waals surface area contributed by atoms with E-state index in [1.54, 1.807) is 6.92 Å². The van der Waals surface area contributed by atoms with E-state index in [9.17, 15) is 9.59 Å². The Morgan fingerprint density at radius 2 is 1.75 bits per heavy atom. The number of anilines is 1. The third kappa shape index (κ3) is 4.35. The van der Waals surface area contributed by atoms with Crippen molar-refractivity contribution in [3.8, 4) is 0 Å². The molecule has 1 aliphatic rings. The molecule has 132 valence electrons. The zero-order valence-electron chi connectivity index (χ0n) is 15.2. The van der Waals surface area contributed by atoms with E-state index in [0.717, 1.165) is 25.2 Å². The second kappa shape index (κ2) is 8.29. The SMILES string of the molecule is CC[C@H](C)c1ccccc1NC(=O)[C@H](C)N1CCN(C(C)=O)CC1. The monoisotopic (exact) mass is 331 g/mol. The minimum Gasteiger partial charge on any atom is -0.340 e. The molecule has 0 unspecified atom stereocenters. The highest BCUT2D eigenvalue weighted by Gasteiger charge is 2.26. The number of piperazine rings is 1. The van der Waals surface area contributed by atoms with Crippen LogP contribution in [0.5, 0.6) is 0 Å². The number of rotatable bonds is 5. The van der Waals surface area contributed by atoms with Crippen molar-refractivity contribution in [2.24, 2.45) is 0 Å². The first-order valence-corrected chi connectivity index (χ1v) is 8.83. The zero-order chi connectivity index (χ0) is 17.7. The lowest BCUT2D eigenvalue weighted by molar-refractivity contribution is -0.131. The third-order valence-electron chi connectivity index (χ3n) is 5.05. The highest BCUT2D eigenvalue weighted by atomic mass is 16.2. The van der Waals surface area contributed by atoms with Gasteiger partial charge in [0, 0.05) is 38.8 Å². The van der Waals surface area contributed by atoms with E-state index in [0.29, 0.717) is 19.0 Å². The normalized spacial score (nSPS) is 18.1. The Morgan fingerprint density at radius 3 is 2.33 bits per heavy atom. The number of para-hydroxylation sites is 1. The van der Waals surface area contributed by atoms with Gasteiger partial charge in [-0.3, -0.25) is 14.5 Å². The number of nitrogens with zero attached hydrogens (tertiary/aromatic N) is 2. The maximum atomic E-state index is 12.7. The number of hydrogen-bond acceptors (Lipinski definition) is 3. The molecule has 5 nitrogen and oxygen atoms in total. The van der Waals surface area contributed by atoms with Crippen molar-refractivity contribution in [3.05, 3.63) is 29.8 Å². The lowest BCUT2D eigenvalue weighted by atomic mass is 9.97. The summed E-state index contributed by atoms with van der Waals surface area (Å²) in [6.45, 7) is 10.7. The number of carbonyl (C=O) groups excluding carboxylic acids is 2. The van der Waals surface area contributed by atoms with Crippen molar-refractivity contribution < 1.29 is 9.59 Å². The Bertz CT molecular complexity index is 580. The molecule has 2 atom stereocenters. The predicted molar refractivity (Wildman–Crippen MR) is 97.1 cm³/mol. The van der Waals surface area contributed by atoms with E-state index in [2.05, 4.69) is 30.1 Å². The Kier molecular flexibility index (Phi) is 6.37. The number of benzene rings is 1. The molecule has 1 aromatic rings. The summed E-state index contributed by atoms with van der Waals surface area (Å²) in [5.41, 5.74) is 2.09. The van der Waals surface area contributed by atoms with E-state index in [-0.39, 0.29) is 17.9 Å². The number of carbonyl (C=O) groups is 2. The second-order valence-corrected chi connectivity index (χ2v) is 6.60. The first kappa shape index (κ1) is 18.5. The van der Waals surface area contributed by atoms with Gasteiger partial charge >= 0.3 is 0 Å². The molecule has 0 bridgehead atoms. The third-order valence-corrected chi connectivity index (χ3v) is 5.05. The summed E-state index contributed by atoms with van der Waals surface area (Å²) in [7, 11) is 0. The zero-order valence-corrected chi connectivity index (χ0v) is 15.2. The van der Waals surface area contributed by atoms with Gasteiger partial charge < -0.3 is 10.2 Å². The highest BCUT2D eigenvalue weighted by molar-refractivity contribution is 5.95. The fourth-order valence-corrected chi connectivity index (χ4v) is 3.09. The summed E-state index contributed by atoms with van der Waals surface area (Å²) in [6, 6.07) is 7.82. The van der Waals surface area contributed by atoms with Crippen LogP contribution in [0.15, 0.2) is 24.3 Å². The van der Waals surface area contributed by atoms with Gasteiger partial charge in [0.05, 0.1) is 6.04 Å². The van der Waals surface area contributed by atoms with Crippen molar-refractivity contribution in [2.45, 2.75) is 46.1 Å². The van der Waals surface area contributed by atoms with Gasteiger partial charge in [-0.25, -0.2) is 0 Å². The van der Waals surface area contributed by atoms with Crippen LogP contribution in [0.25, 0.3) is 0 Å². The molecule has 0 spiro atoms. The maximum Gasteiger partial charge on any atom is 0.241 e. The summed E-state index contributed by atoms with van der Waals surface area (Å²) in [5.74, 6) is 0.534. The number of nitrogens with one attached hydrogen (secondary N) is 1. The van der Waals surface area contributed by atoms with Crippen molar-refractivity contribution in [2.75, 3.05) is 31.5 Å². The molecule has 2 amide bonds. The minimum atomic E-state index is -0.205. The largest absolute Gasteiger partial charge is 0.340 e. The van der Waals surface area contributed by atoms with E-state index < -0.39 is 0 Å². The van der Waals surface area contributed by atoms with Gasteiger partial charge in [-0.2, -0.15) is 0 Å². The second-order valence-electron chi connectivity index (χ2n) is 6.60. The average molecular weight is 331 g/mol. The van der Waals surface area contributed by atoms with Crippen molar-refractivity contribution in [3.63, 3.8) is 0 Å². The van der Waals surface area contributed by atoms with Crippen molar-refractivity contribution in [1.82, 2.24) is 9.80 Å². The van der Waals surface area contributed by atoms with Crippen LogP contribution >= 0.6 is 0 Å². The standard InChI is InChI=1S/C19H29N3O2/c1-5-14(2)17-8-6-7-9-18(17)20-19(24)15(3)21-10-12-22(13-11-21)16(4)23/h6-9,14-15H,5,10-13H2,1-4H3,(H,20,24)/t14-,15-/m0/s1. The summed E-state index contributed by atoms with van der Waals surface area (Å²) < 4.78 is 0. The fraction of sp³-hybridized carbons (Fsp3) is 0.579. The molecule has 1 aliphatic heterocycles. The smallest absolute Gasteiger partial charge is 0.241 e. The molecule has 0 aromatic heterocycles. The predicted octanol–water partition coefficient (Wildman–Crippen LogP) is 2.69. The molecule has 1 heterocycles. The Balaban J connectivity index is 1.99. The summed E-state index contributed by atoms with van der Waals surface area (Å²) in [6.07, 6.45) is 1.04. The van der Waals surface area contributed by atoms with Crippen LogP contribution in [0.2, 0.25) is 0 Å². The van der Waals surface area contributed by atoms with Crippen LogP contribution in [0, 0.1) is 0 Å². The molecule has 2 rings (SSSR count). The highest BCUT2D eigenvalue weighted by Crippen LogP contribution is 2.26. The lowest BCUT2D eigenvalue weighted by Crippen LogP contribution is -2.53. The van der Waals surface area contributed by atoms with Crippen molar-refractivity contribution >= 4 is 17.5 Å². The summed E-state index contributed by atoms with van der Waals surface area (Å²) in [4.78, 5) is 28.0. The first-order valence-electron chi connectivity index (χ1n) is 8.83. The molecule has 1 fully saturated rings. The van der Waals surface area contributed by atoms with E-state index >= 15 is 0 Å². The Hall–Kier alpha value is -1.88. The van der Waals surface area contributed by atoms with Gasteiger partial charge in [0.1, 0.15) is 0 Å². The summed E-state index contributed by atoms with van der Waals surface area (Å²) in [5, 5.41) is 3.10. The van der Waals surface area contributed by atoms with Crippen molar-refractivity contribution in [1.29, 1.82) is 0 Å². The quantitative estimate of drug-likeness (QED) is 0.902. The number of hydrogen-bond donors (Lipinski definition) is 1. The molecule has 5 heteroatoms. The molecular weight excluding hydrogens is 302 g/mol. The van der Waals surface area contributed by atoms with Gasteiger partial charge in [-0.05, 0) is 30.9 Å². The van der Waals surface area contributed by atoms with Gasteiger partial charge in [0.2, 0.25) is 11.8 Å². The number of amides is 2. The first-order chi connectivity index (χ1) is 11.4. The maximum absolute atomic E-state index is 12.7. The molecular formula is C19H29N3O2. The topological polar surface area (TPSA) is 52.7 Å². The van der Waals surface area contributed by atoms with E-state index in [1.165, 1.54) is 5.56 Å². The average Bonchev–Trinajstić information content (AvgIpc) is 2.60. The van der Waals surface area contributed by atoms with Gasteiger partial charge in [0.15, 0.2) is 0 Å². The van der Waals surface area contributed by atoms with Gasteiger partial charge in [0.25, 0.3) is 0 Å². The van der Waals surface area contributed by atoms with Crippen LogP contribution in [0.1, 0.15) is 45.6 Å². The van der Waals surface area contributed by atoms with Crippen LogP contribution in [0.4, 0.5) is 5.69 Å². The van der Waals surface area contributed by atoms with Crippen LogP contribution in [-0.4, -0.2) is 53.8 Å². The molecule has 0 radical (unpaired) electrons. The minimum absolute atomic E-state index is 0.0158. The molecule has 1 aromatic carbocycles. The molecule has 0 saturated carbocycles. The van der Waals surface area contributed by atoms with Crippen LogP contribution in [0.3, 0.4) is 0 Å².